The minimum absolute atomic E-state index is 0. The average Bonchev–Trinajstić information content (AvgIpc) is 2.65. The topological polar surface area (TPSA) is 74.6 Å². The van der Waals surface area contributed by atoms with Gasteiger partial charge in [0.25, 0.3) is 0 Å². The molecule has 5 heteroatoms. The summed E-state index contributed by atoms with van der Waals surface area (Å²) in [4.78, 5) is 20.4. The van der Waals surface area contributed by atoms with Crippen LogP contribution in [0.5, 0.6) is 0 Å². The molecule has 0 fully saturated rings. The van der Waals surface area contributed by atoms with Gasteiger partial charge in [0, 0.05) is 12.8 Å². The molecule has 0 spiro atoms. The molecule has 0 aromatic heterocycles. The van der Waals surface area contributed by atoms with Crippen molar-refractivity contribution >= 4 is 11.9 Å². The number of carboxylic acids is 2. The fourth-order valence-electron chi connectivity index (χ4n) is 3.17. The number of aliphatic carboxylic acids is 2. The predicted octanol–water partition coefficient (Wildman–Crippen LogP) is 7.98. The van der Waals surface area contributed by atoms with Crippen molar-refractivity contribution in [1.29, 1.82) is 0 Å². The van der Waals surface area contributed by atoms with E-state index in [1.165, 1.54) is 89.9 Å². The van der Waals surface area contributed by atoms with E-state index in [-0.39, 0.29) is 17.1 Å². The van der Waals surface area contributed by atoms with E-state index in [0.29, 0.717) is 12.8 Å². The molecule has 2 N–H and O–H groups in total. The SMILES string of the molecule is CCCCCCCCCCCC(=O)O.CCCCCCCCCCCC(=O)O.[Cu+2]. The number of rotatable bonds is 20. The molecular weight excluding hydrogens is 416 g/mol. The molecule has 177 valence electrons. The molecule has 0 rings (SSSR count). The zero-order valence-electron chi connectivity index (χ0n) is 19.2. The minimum atomic E-state index is -0.659. The second-order valence-corrected chi connectivity index (χ2v) is 7.94. The molecule has 0 aliphatic carbocycles. The third kappa shape index (κ3) is 38.7. The summed E-state index contributed by atoms with van der Waals surface area (Å²) in [5.41, 5.74) is 0. The van der Waals surface area contributed by atoms with Crippen LogP contribution in [0.15, 0.2) is 0 Å². The molecule has 0 aromatic carbocycles. The largest absolute Gasteiger partial charge is 2.00 e. The third-order valence-corrected chi connectivity index (χ3v) is 4.99. The van der Waals surface area contributed by atoms with Crippen molar-refractivity contribution in [3.63, 3.8) is 0 Å². The Morgan fingerprint density at radius 1 is 0.448 bits per heavy atom. The van der Waals surface area contributed by atoms with E-state index in [0.717, 1.165) is 25.7 Å². The monoisotopic (exact) mass is 463 g/mol. The van der Waals surface area contributed by atoms with E-state index in [2.05, 4.69) is 13.8 Å². The molecule has 0 aromatic rings. The quantitative estimate of drug-likeness (QED) is 0.142. The normalized spacial score (nSPS) is 10.0. The summed E-state index contributed by atoms with van der Waals surface area (Å²) in [6, 6.07) is 0. The van der Waals surface area contributed by atoms with Crippen LogP contribution in [0.25, 0.3) is 0 Å². The molecular formula is C24H48CuO4+2. The first kappa shape index (κ1) is 33.1. The molecule has 0 unspecified atom stereocenters. The number of carbonyl (C=O) groups is 2. The molecule has 0 bridgehead atoms. The van der Waals surface area contributed by atoms with Gasteiger partial charge in [0.15, 0.2) is 0 Å². The molecule has 0 aliphatic heterocycles. The fraction of sp³-hybridized carbons (Fsp3) is 0.917. The Morgan fingerprint density at radius 2 is 0.655 bits per heavy atom. The molecule has 0 amide bonds. The Hall–Kier alpha value is -0.541. The number of unbranched alkanes of at least 4 members (excludes halogenated alkanes) is 16. The summed E-state index contributed by atoms with van der Waals surface area (Å²) in [5, 5.41) is 16.8. The van der Waals surface area contributed by atoms with Crippen LogP contribution in [-0.2, 0) is 26.7 Å². The Kier molecular flexibility index (Phi) is 33.9. The Labute approximate surface area is 191 Å². The van der Waals surface area contributed by atoms with Gasteiger partial charge < -0.3 is 10.2 Å². The van der Waals surface area contributed by atoms with E-state index in [1.54, 1.807) is 0 Å². The van der Waals surface area contributed by atoms with Crippen LogP contribution >= 0.6 is 0 Å². The molecule has 4 nitrogen and oxygen atoms in total. The molecule has 0 saturated heterocycles. The van der Waals surface area contributed by atoms with Crippen LogP contribution in [0.4, 0.5) is 0 Å². The van der Waals surface area contributed by atoms with Crippen LogP contribution in [0.3, 0.4) is 0 Å². The Balaban J connectivity index is -0.000000451. The van der Waals surface area contributed by atoms with Crippen molar-refractivity contribution in [3.8, 4) is 0 Å². The summed E-state index contributed by atoms with van der Waals surface area (Å²) >= 11 is 0. The molecule has 0 saturated carbocycles. The molecule has 0 heterocycles. The van der Waals surface area contributed by atoms with E-state index < -0.39 is 11.9 Å². The van der Waals surface area contributed by atoms with Gasteiger partial charge in [-0.05, 0) is 12.8 Å². The van der Waals surface area contributed by atoms with Crippen molar-refractivity contribution in [3.05, 3.63) is 0 Å². The maximum atomic E-state index is 10.2. The van der Waals surface area contributed by atoms with Gasteiger partial charge in [-0.15, -0.1) is 0 Å². The van der Waals surface area contributed by atoms with E-state index in [4.69, 9.17) is 10.2 Å². The molecule has 0 aliphatic rings. The van der Waals surface area contributed by atoms with Gasteiger partial charge in [-0.2, -0.15) is 0 Å². The summed E-state index contributed by atoms with van der Waals surface area (Å²) in [6.07, 6.45) is 23.0. The average molecular weight is 464 g/mol. The van der Waals surface area contributed by atoms with Crippen molar-refractivity contribution in [2.75, 3.05) is 0 Å². The summed E-state index contributed by atoms with van der Waals surface area (Å²) in [6.45, 7) is 4.46. The maximum absolute atomic E-state index is 10.2. The van der Waals surface area contributed by atoms with Gasteiger partial charge in [0.05, 0.1) is 0 Å². The fourth-order valence-corrected chi connectivity index (χ4v) is 3.17. The second-order valence-electron chi connectivity index (χ2n) is 7.94. The van der Waals surface area contributed by atoms with Crippen LogP contribution in [0.2, 0.25) is 0 Å². The van der Waals surface area contributed by atoms with Crippen molar-refractivity contribution < 1.29 is 36.9 Å². The van der Waals surface area contributed by atoms with Gasteiger partial charge in [0.2, 0.25) is 0 Å². The molecule has 0 atom stereocenters. The summed E-state index contributed by atoms with van der Waals surface area (Å²) in [7, 11) is 0. The van der Waals surface area contributed by atoms with E-state index in [9.17, 15) is 9.59 Å². The molecule has 1 radical (unpaired) electrons. The van der Waals surface area contributed by atoms with Gasteiger partial charge in [-0.3, -0.25) is 9.59 Å². The van der Waals surface area contributed by atoms with Crippen LogP contribution in [0, 0.1) is 0 Å². The van der Waals surface area contributed by atoms with Gasteiger partial charge in [0.1, 0.15) is 0 Å². The van der Waals surface area contributed by atoms with Crippen LogP contribution in [0.1, 0.15) is 142 Å². The van der Waals surface area contributed by atoms with Crippen molar-refractivity contribution in [2.24, 2.45) is 0 Å². The van der Waals surface area contributed by atoms with E-state index >= 15 is 0 Å². The molecule has 29 heavy (non-hydrogen) atoms. The summed E-state index contributed by atoms with van der Waals surface area (Å²) < 4.78 is 0. The third-order valence-electron chi connectivity index (χ3n) is 4.99. The van der Waals surface area contributed by atoms with Crippen LogP contribution < -0.4 is 0 Å². The first-order chi connectivity index (χ1) is 13.5. The minimum Gasteiger partial charge on any atom is -0.481 e. The first-order valence-corrected chi connectivity index (χ1v) is 12.0. The Morgan fingerprint density at radius 3 is 0.862 bits per heavy atom. The van der Waals surface area contributed by atoms with Gasteiger partial charge in [-0.1, -0.05) is 117 Å². The van der Waals surface area contributed by atoms with Gasteiger partial charge in [-0.25, -0.2) is 0 Å². The standard InChI is InChI=1S/2C12H24O2.Cu/c2*1-2-3-4-5-6-7-8-9-10-11-12(13)14;/h2*2-11H2,1H3,(H,13,14);/q;;+2. The van der Waals surface area contributed by atoms with E-state index in [1.807, 2.05) is 0 Å². The van der Waals surface area contributed by atoms with Crippen molar-refractivity contribution in [1.82, 2.24) is 0 Å². The smallest absolute Gasteiger partial charge is 0.481 e. The second kappa shape index (κ2) is 29.7. The first-order valence-electron chi connectivity index (χ1n) is 12.0. The number of hydrogen-bond donors (Lipinski definition) is 2. The Bertz CT molecular complexity index is 303. The maximum Gasteiger partial charge on any atom is 2.00 e. The van der Waals surface area contributed by atoms with Crippen LogP contribution in [-0.4, -0.2) is 22.2 Å². The zero-order valence-corrected chi connectivity index (χ0v) is 20.1. The van der Waals surface area contributed by atoms with Gasteiger partial charge >= 0.3 is 29.0 Å². The zero-order chi connectivity index (χ0) is 21.3. The number of carboxylic acid groups (broad SMARTS) is 2. The van der Waals surface area contributed by atoms with Crippen molar-refractivity contribution in [2.45, 2.75) is 142 Å². The summed E-state index contributed by atoms with van der Waals surface area (Å²) in [5.74, 6) is -1.32. The number of hydrogen-bond acceptors (Lipinski definition) is 2. The predicted molar refractivity (Wildman–Crippen MR) is 119 cm³/mol.